The summed E-state index contributed by atoms with van der Waals surface area (Å²) < 4.78 is 25.4. The molecule has 0 aliphatic rings. The number of aliphatic hydroxyl groups is 1. The molecule has 6 heteroatoms. The highest BCUT2D eigenvalue weighted by Gasteiger charge is 2.18. The van der Waals surface area contributed by atoms with Gasteiger partial charge in [0.05, 0.1) is 6.61 Å². The van der Waals surface area contributed by atoms with Gasteiger partial charge in [0.25, 0.3) is 6.43 Å². The SMILES string of the molecule is OCc1cc(Br)nc(C(F)F)c1CBr. The first kappa shape index (κ1) is 12.0. The van der Waals surface area contributed by atoms with Crippen molar-refractivity contribution in [1.29, 1.82) is 0 Å². The van der Waals surface area contributed by atoms with E-state index >= 15 is 0 Å². The fourth-order valence-electron chi connectivity index (χ4n) is 1.09. The number of aromatic nitrogens is 1. The predicted molar refractivity (Wildman–Crippen MR) is 55.4 cm³/mol. The van der Waals surface area contributed by atoms with Gasteiger partial charge in [-0.1, -0.05) is 15.9 Å². The molecule has 0 unspecified atom stereocenters. The highest BCUT2D eigenvalue weighted by molar-refractivity contribution is 9.10. The Balaban J connectivity index is 3.31. The first-order valence-electron chi connectivity index (χ1n) is 3.73. The molecule has 0 amide bonds. The average Bonchev–Trinajstić information content (AvgIpc) is 2.16. The normalized spacial score (nSPS) is 11.0. The molecule has 0 spiro atoms. The van der Waals surface area contributed by atoms with E-state index in [-0.39, 0.29) is 17.6 Å². The van der Waals surface area contributed by atoms with Crippen LogP contribution in [0.5, 0.6) is 0 Å². The van der Waals surface area contributed by atoms with Crippen LogP contribution in [-0.2, 0) is 11.9 Å². The molecule has 0 aliphatic carbocycles. The van der Waals surface area contributed by atoms with Crippen molar-refractivity contribution < 1.29 is 13.9 Å². The smallest absolute Gasteiger partial charge is 0.280 e. The van der Waals surface area contributed by atoms with Gasteiger partial charge in [-0.25, -0.2) is 13.8 Å². The van der Waals surface area contributed by atoms with Crippen LogP contribution in [0.25, 0.3) is 0 Å². The van der Waals surface area contributed by atoms with Crippen LogP contribution in [0.15, 0.2) is 10.7 Å². The highest BCUT2D eigenvalue weighted by Crippen LogP contribution is 2.28. The van der Waals surface area contributed by atoms with Gasteiger partial charge < -0.3 is 5.11 Å². The monoisotopic (exact) mass is 329 g/mol. The topological polar surface area (TPSA) is 33.1 Å². The first-order chi connectivity index (χ1) is 6.60. The van der Waals surface area contributed by atoms with Crippen LogP contribution in [-0.4, -0.2) is 10.1 Å². The average molecular weight is 331 g/mol. The van der Waals surface area contributed by atoms with Crippen molar-refractivity contribution in [3.05, 3.63) is 27.5 Å². The number of rotatable bonds is 3. The third-order valence-corrected chi connectivity index (χ3v) is 2.70. The van der Waals surface area contributed by atoms with Crippen molar-refractivity contribution in [3.63, 3.8) is 0 Å². The van der Waals surface area contributed by atoms with Crippen LogP contribution in [0, 0.1) is 0 Å². The molecule has 0 aliphatic heterocycles. The molecular formula is C8H7Br2F2NO. The summed E-state index contributed by atoms with van der Waals surface area (Å²) in [6, 6.07) is 1.53. The van der Waals surface area contributed by atoms with Gasteiger partial charge >= 0.3 is 0 Å². The molecule has 1 heterocycles. The van der Waals surface area contributed by atoms with Gasteiger partial charge in [0, 0.05) is 5.33 Å². The summed E-state index contributed by atoms with van der Waals surface area (Å²) in [6.07, 6.45) is -2.63. The molecule has 14 heavy (non-hydrogen) atoms. The third kappa shape index (κ3) is 2.49. The van der Waals surface area contributed by atoms with E-state index in [4.69, 9.17) is 5.11 Å². The molecule has 1 aromatic heterocycles. The molecule has 1 aromatic rings. The van der Waals surface area contributed by atoms with E-state index < -0.39 is 6.43 Å². The fraction of sp³-hybridized carbons (Fsp3) is 0.375. The standard InChI is InChI=1S/C8H7Br2F2NO/c9-2-5-4(3-14)1-6(10)13-7(5)8(11)12/h1,8,14H,2-3H2. The number of pyridine rings is 1. The predicted octanol–water partition coefficient (Wildman–Crippen LogP) is 3.17. The van der Waals surface area contributed by atoms with Crippen molar-refractivity contribution in [3.8, 4) is 0 Å². The highest BCUT2D eigenvalue weighted by atomic mass is 79.9. The zero-order valence-electron chi connectivity index (χ0n) is 6.98. The van der Waals surface area contributed by atoms with Gasteiger partial charge in [-0.05, 0) is 33.1 Å². The maximum absolute atomic E-state index is 12.5. The Labute approximate surface area is 96.6 Å². The first-order valence-corrected chi connectivity index (χ1v) is 5.64. The molecule has 0 bridgehead atoms. The largest absolute Gasteiger partial charge is 0.392 e. The second kappa shape index (κ2) is 5.14. The molecule has 0 atom stereocenters. The summed E-state index contributed by atoms with van der Waals surface area (Å²) in [6.45, 7) is -0.276. The van der Waals surface area contributed by atoms with Crippen molar-refractivity contribution in [1.82, 2.24) is 4.98 Å². The maximum Gasteiger partial charge on any atom is 0.280 e. The van der Waals surface area contributed by atoms with Gasteiger partial charge in [-0.2, -0.15) is 0 Å². The Morgan fingerprint density at radius 1 is 1.50 bits per heavy atom. The molecule has 1 N–H and O–H groups in total. The van der Waals surface area contributed by atoms with Crippen molar-refractivity contribution in [2.24, 2.45) is 0 Å². The van der Waals surface area contributed by atoms with Crippen molar-refractivity contribution in [2.45, 2.75) is 18.4 Å². The lowest BCUT2D eigenvalue weighted by molar-refractivity contribution is 0.144. The van der Waals surface area contributed by atoms with Gasteiger partial charge in [0.1, 0.15) is 10.3 Å². The summed E-state index contributed by atoms with van der Waals surface area (Å²) in [5, 5.41) is 9.22. The number of alkyl halides is 3. The van der Waals surface area contributed by atoms with Gasteiger partial charge in [-0.15, -0.1) is 0 Å². The minimum absolute atomic E-state index is 0.253. The summed E-state index contributed by atoms with van der Waals surface area (Å²) in [5.74, 6) is 0. The molecule has 78 valence electrons. The lowest BCUT2D eigenvalue weighted by Gasteiger charge is -2.10. The minimum atomic E-state index is -2.63. The Morgan fingerprint density at radius 2 is 2.14 bits per heavy atom. The molecule has 0 radical (unpaired) electrons. The van der Waals surface area contributed by atoms with Gasteiger partial charge in [0.2, 0.25) is 0 Å². The Kier molecular flexibility index (Phi) is 4.40. The van der Waals surface area contributed by atoms with Gasteiger partial charge in [0.15, 0.2) is 0 Å². The van der Waals surface area contributed by atoms with Crippen LogP contribution in [0.1, 0.15) is 23.2 Å². The molecular weight excluding hydrogens is 324 g/mol. The molecule has 0 fully saturated rings. The summed E-state index contributed by atoms with van der Waals surface area (Å²) >= 11 is 6.11. The molecule has 1 rings (SSSR count). The Hall–Kier alpha value is -0.0700. The third-order valence-electron chi connectivity index (χ3n) is 1.73. The van der Waals surface area contributed by atoms with E-state index in [2.05, 4.69) is 36.8 Å². The summed E-state index contributed by atoms with van der Waals surface area (Å²) in [7, 11) is 0. The van der Waals surface area contributed by atoms with E-state index in [1.54, 1.807) is 0 Å². The fourth-order valence-corrected chi connectivity index (χ4v) is 2.20. The molecule has 0 saturated heterocycles. The van der Waals surface area contributed by atoms with E-state index in [0.717, 1.165) is 0 Å². The maximum atomic E-state index is 12.5. The van der Waals surface area contributed by atoms with E-state index in [0.29, 0.717) is 15.7 Å². The lowest BCUT2D eigenvalue weighted by atomic mass is 10.1. The zero-order chi connectivity index (χ0) is 10.7. The second-order valence-corrected chi connectivity index (χ2v) is 3.93. The Bertz CT molecular complexity index is 333. The van der Waals surface area contributed by atoms with Crippen LogP contribution >= 0.6 is 31.9 Å². The number of hydrogen-bond acceptors (Lipinski definition) is 2. The zero-order valence-corrected chi connectivity index (χ0v) is 10.1. The summed E-state index contributed by atoms with van der Waals surface area (Å²) in [4.78, 5) is 3.68. The van der Waals surface area contributed by atoms with Crippen LogP contribution in [0.2, 0.25) is 0 Å². The van der Waals surface area contributed by atoms with Gasteiger partial charge in [-0.3, -0.25) is 0 Å². The van der Waals surface area contributed by atoms with Crippen molar-refractivity contribution >= 4 is 31.9 Å². The number of nitrogens with zero attached hydrogens (tertiary/aromatic N) is 1. The molecule has 0 aromatic carbocycles. The van der Waals surface area contributed by atoms with E-state index in [1.165, 1.54) is 6.07 Å². The van der Waals surface area contributed by atoms with E-state index in [9.17, 15) is 8.78 Å². The number of hydrogen-bond donors (Lipinski definition) is 1. The quantitative estimate of drug-likeness (QED) is 0.682. The Morgan fingerprint density at radius 3 is 2.57 bits per heavy atom. The number of aliphatic hydroxyl groups excluding tert-OH is 1. The second-order valence-electron chi connectivity index (χ2n) is 2.56. The molecule has 0 saturated carbocycles. The van der Waals surface area contributed by atoms with Crippen LogP contribution in [0.3, 0.4) is 0 Å². The summed E-state index contributed by atoms with van der Waals surface area (Å²) in [5.41, 5.74) is 0.519. The van der Waals surface area contributed by atoms with Crippen LogP contribution in [0.4, 0.5) is 8.78 Å². The molecule has 2 nitrogen and oxygen atoms in total. The lowest BCUT2D eigenvalue weighted by Crippen LogP contribution is -2.02. The van der Waals surface area contributed by atoms with E-state index in [1.807, 2.05) is 0 Å². The number of halogens is 4. The minimum Gasteiger partial charge on any atom is -0.392 e. The van der Waals surface area contributed by atoms with Crippen molar-refractivity contribution in [2.75, 3.05) is 0 Å². The van der Waals surface area contributed by atoms with Crippen LogP contribution < -0.4 is 0 Å².